The zero-order valence-electron chi connectivity index (χ0n) is 11.2. The van der Waals surface area contributed by atoms with Crippen LogP contribution in [0.4, 0.5) is 0 Å². The van der Waals surface area contributed by atoms with Crippen LogP contribution in [0.2, 0.25) is 5.02 Å². The van der Waals surface area contributed by atoms with E-state index < -0.39 is 0 Å². The average Bonchev–Trinajstić information content (AvgIpc) is 2.72. The lowest BCUT2D eigenvalue weighted by atomic mass is 9.92. The van der Waals surface area contributed by atoms with Gasteiger partial charge in [0.2, 0.25) is 0 Å². The first-order valence-electron chi connectivity index (χ1n) is 5.95. The van der Waals surface area contributed by atoms with Crippen LogP contribution in [0.1, 0.15) is 26.5 Å². The highest BCUT2D eigenvalue weighted by atomic mass is 35.5. The third-order valence-corrected chi connectivity index (χ3v) is 3.86. The average molecular weight is 280 g/mol. The molecule has 0 aliphatic carbocycles. The molecule has 96 valence electrons. The molecule has 0 aliphatic heterocycles. The van der Waals surface area contributed by atoms with Crippen LogP contribution < -0.4 is 0 Å². The summed E-state index contributed by atoms with van der Waals surface area (Å²) < 4.78 is 2.29. The van der Waals surface area contributed by atoms with Crippen LogP contribution >= 0.6 is 23.4 Å². The van der Waals surface area contributed by atoms with Gasteiger partial charge in [-0.15, -0.1) is 11.8 Å². The summed E-state index contributed by atoms with van der Waals surface area (Å²) in [7, 11) is 0. The molecule has 0 bridgehead atoms. The van der Waals surface area contributed by atoms with Gasteiger partial charge in [-0.2, -0.15) is 0 Å². The van der Waals surface area contributed by atoms with Crippen molar-refractivity contribution in [2.24, 2.45) is 0 Å². The first-order chi connectivity index (χ1) is 8.43. The van der Waals surface area contributed by atoms with Crippen LogP contribution in [-0.4, -0.2) is 10.8 Å². The van der Waals surface area contributed by atoms with Gasteiger partial charge in [-0.1, -0.05) is 38.4 Å². The minimum atomic E-state index is 0.107. The van der Waals surface area contributed by atoms with Gasteiger partial charge in [0.15, 0.2) is 0 Å². The van der Waals surface area contributed by atoms with Crippen LogP contribution in [0.25, 0.3) is 5.69 Å². The Bertz CT molecular complexity index is 552. The monoisotopic (exact) mass is 279 g/mol. The largest absolute Gasteiger partial charge is 0.308 e. The van der Waals surface area contributed by atoms with Crippen LogP contribution in [0.3, 0.4) is 0 Å². The van der Waals surface area contributed by atoms with Crippen LogP contribution in [0.15, 0.2) is 41.4 Å². The molecule has 0 radical (unpaired) electrons. The Morgan fingerprint density at radius 3 is 2.39 bits per heavy atom. The second kappa shape index (κ2) is 5.02. The summed E-state index contributed by atoms with van der Waals surface area (Å²) in [5, 5.41) is 2.01. The smallest absolute Gasteiger partial charge is 0.0793 e. The fraction of sp³-hybridized carbons (Fsp3) is 0.333. The van der Waals surface area contributed by atoms with E-state index in [-0.39, 0.29) is 5.41 Å². The van der Waals surface area contributed by atoms with Gasteiger partial charge < -0.3 is 4.57 Å². The van der Waals surface area contributed by atoms with Gasteiger partial charge in [0.1, 0.15) is 0 Å². The molecular formula is C15H18ClNS. The van der Waals surface area contributed by atoms with Gasteiger partial charge in [-0.25, -0.2) is 0 Å². The lowest BCUT2D eigenvalue weighted by molar-refractivity contribution is 0.550. The summed E-state index contributed by atoms with van der Waals surface area (Å²) in [6.07, 6.45) is 2.10. The molecule has 0 N–H and O–H groups in total. The number of halogens is 1. The molecule has 0 unspecified atom stereocenters. The minimum absolute atomic E-state index is 0.107. The van der Waals surface area contributed by atoms with Gasteiger partial charge >= 0.3 is 0 Å². The summed E-state index contributed by atoms with van der Waals surface area (Å²) in [6.45, 7) is 6.69. The molecule has 2 rings (SSSR count). The highest BCUT2D eigenvalue weighted by Gasteiger charge is 2.21. The van der Waals surface area contributed by atoms with Gasteiger partial charge in [0, 0.05) is 21.8 Å². The quantitative estimate of drug-likeness (QED) is 0.688. The topological polar surface area (TPSA) is 4.93 Å². The van der Waals surface area contributed by atoms with Gasteiger partial charge in [0.05, 0.1) is 5.03 Å². The molecular weight excluding hydrogens is 262 g/mol. The van der Waals surface area contributed by atoms with Gasteiger partial charge in [-0.05, 0) is 36.6 Å². The van der Waals surface area contributed by atoms with E-state index >= 15 is 0 Å². The Hall–Kier alpha value is -0.860. The second-order valence-electron chi connectivity index (χ2n) is 5.33. The minimum Gasteiger partial charge on any atom is -0.308 e. The maximum atomic E-state index is 6.10. The molecule has 18 heavy (non-hydrogen) atoms. The second-order valence-corrected chi connectivity index (χ2v) is 6.59. The maximum Gasteiger partial charge on any atom is 0.0793 e. The zero-order valence-corrected chi connectivity index (χ0v) is 12.8. The van der Waals surface area contributed by atoms with Crippen molar-refractivity contribution in [3.8, 4) is 5.69 Å². The normalized spacial score (nSPS) is 11.8. The molecule has 0 spiro atoms. The van der Waals surface area contributed by atoms with Crippen molar-refractivity contribution in [2.75, 3.05) is 6.26 Å². The van der Waals surface area contributed by atoms with Gasteiger partial charge in [0.25, 0.3) is 0 Å². The summed E-state index contributed by atoms with van der Waals surface area (Å²) in [5.74, 6) is 0. The molecule has 1 aromatic carbocycles. The number of aromatic nitrogens is 1. The first kappa shape index (κ1) is 13.6. The number of rotatable bonds is 2. The Balaban J connectivity index is 2.65. The van der Waals surface area contributed by atoms with Crippen molar-refractivity contribution < 1.29 is 0 Å². The zero-order chi connectivity index (χ0) is 13.3. The highest BCUT2D eigenvalue weighted by molar-refractivity contribution is 7.98. The number of thioether (sulfide) groups is 1. The summed E-state index contributed by atoms with van der Waals surface area (Å²) in [4.78, 5) is 0. The predicted molar refractivity (Wildman–Crippen MR) is 81.3 cm³/mol. The Labute approximate surface area is 118 Å². The predicted octanol–water partition coefficient (Wildman–Crippen LogP) is 5.15. The van der Waals surface area contributed by atoms with E-state index in [9.17, 15) is 0 Å². The Morgan fingerprint density at radius 2 is 1.83 bits per heavy atom. The fourth-order valence-electron chi connectivity index (χ4n) is 2.04. The molecule has 0 atom stereocenters. The van der Waals surface area contributed by atoms with Crippen LogP contribution in [0, 0.1) is 0 Å². The molecule has 0 saturated heterocycles. The molecule has 2 aromatic rings. The van der Waals surface area contributed by atoms with Crippen molar-refractivity contribution in [3.63, 3.8) is 0 Å². The van der Waals surface area contributed by atoms with Crippen molar-refractivity contribution in [1.82, 2.24) is 4.57 Å². The van der Waals surface area contributed by atoms with Crippen molar-refractivity contribution in [1.29, 1.82) is 0 Å². The van der Waals surface area contributed by atoms with Crippen molar-refractivity contribution >= 4 is 23.4 Å². The van der Waals surface area contributed by atoms with E-state index in [1.165, 1.54) is 10.7 Å². The molecule has 0 amide bonds. The lowest BCUT2D eigenvalue weighted by Gasteiger charge is -2.23. The van der Waals surface area contributed by atoms with E-state index in [1.807, 2.05) is 18.2 Å². The van der Waals surface area contributed by atoms with E-state index in [2.05, 4.69) is 49.8 Å². The van der Waals surface area contributed by atoms with Crippen LogP contribution in [-0.2, 0) is 5.41 Å². The van der Waals surface area contributed by atoms with Crippen molar-refractivity contribution in [3.05, 3.63) is 47.1 Å². The molecule has 1 heterocycles. The Morgan fingerprint density at radius 1 is 1.11 bits per heavy atom. The third-order valence-electron chi connectivity index (χ3n) is 2.89. The molecule has 1 nitrogen and oxygen atoms in total. The Kier molecular flexibility index (Phi) is 3.79. The third kappa shape index (κ3) is 2.60. The maximum absolute atomic E-state index is 6.10. The SMILES string of the molecule is CSc1ccc(C(C)(C)C)n1-c1cccc(Cl)c1. The summed E-state index contributed by atoms with van der Waals surface area (Å²) >= 11 is 7.86. The molecule has 0 aliphatic rings. The number of nitrogens with zero attached hydrogens (tertiary/aromatic N) is 1. The summed E-state index contributed by atoms with van der Waals surface area (Å²) in [5.41, 5.74) is 2.53. The lowest BCUT2D eigenvalue weighted by Crippen LogP contribution is -2.17. The standard InChI is InChI=1S/C15H18ClNS/c1-15(2,3)13-8-9-14(18-4)17(13)12-7-5-6-11(16)10-12/h5-10H,1-4H3. The number of benzene rings is 1. The van der Waals surface area contributed by atoms with E-state index in [0.29, 0.717) is 0 Å². The number of hydrogen-bond acceptors (Lipinski definition) is 1. The molecule has 0 saturated carbocycles. The van der Waals surface area contributed by atoms with E-state index in [4.69, 9.17) is 11.6 Å². The van der Waals surface area contributed by atoms with E-state index in [1.54, 1.807) is 11.8 Å². The molecule has 3 heteroatoms. The van der Waals surface area contributed by atoms with E-state index in [0.717, 1.165) is 10.7 Å². The van der Waals surface area contributed by atoms with Crippen LogP contribution in [0.5, 0.6) is 0 Å². The fourth-order valence-corrected chi connectivity index (χ4v) is 2.82. The van der Waals surface area contributed by atoms with Crippen molar-refractivity contribution in [2.45, 2.75) is 31.2 Å². The first-order valence-corrected chi connectivity index (χ1v) is 7.56. The highest BCUT2D eigenvalue weighted by Crippen LogP contribution is 2.32. The van der Waals surface area contributed by atoms with Gasteiger partial charge in [-0.3, -0.25) is 0 Å². The molecule has 0 fully saturated rings. The molecule has 1 aromatic heterocycles. The summed E-state index contributed by atoms with van der Waals surface area (Å²) in [6, 6.07) is 12.4. The number of hydrogen-bond donors (Lipinski definition) is 0.